The molecular weight excluding hydrogens is 312 g/mol. The fourth-order valence-corrected chi connectivity index (χ4v) is 2.90. The van der Waals surface area contributed by atoms with E-state index in [-0.39, 0.29) is 6.42 Å². The van der Waals surface area contributed by atoms with Crippen LogP contribution in [0.3, 0.4) is 0 Å². The van der Waals surface area contributed by atoms with Crippen molar-refractivity contribution in [2.75, 3.05) is 26.2 Å². The van der Waals surface area contributed by atoms with Crippen LogP contribution in [0, 0.1) is 5.82 Å². The van der Waals surface area contributed by atoms with Gasteiger partial charge in [0, 0.05) is 37.8 Å². The number of piperazine rings is 1. The van der Waals surface area contributed by atoms with Gasteiger partial charge >= 0.3 is 6.18 Å². The van der Waals surface area contributed by atoms with Crippen molar-refractivity contribution in [3.63, 3.8) is 0 Å². The predicted molar refractivity (Wildman–Crippen MR) is 79.7 cm³/mol. The Balaban J connectivity index is 2.56. The lowest BCUT2D eigenvalue weighted by molar-refractivity contribution is -0.139. The fraction of sp³-hybridized carbons (Fsp3) is 0.500. The maximum atomic E-state index is 13.7. The number of phenols is 1. The molecule has 1 atom stereocenters. The number of hydrogen-bond acceptors (Lipinski definition) is 3. The monoisotopic (exact) mass is 332 g/mol. The molecule has 0 amide bonds. The van der Waals surface area contributed by atoms with Crippen LogP contribution in [0.1, 0.15) is 30.5 Å². The summed E-state index contributed by atoms with van der Waals surface area (Å²) in [7, 11) is 0. The van der Waals surface area contributed by atoms with E-state index in [9.17, 15) is 22.7 Å². The second kappa shape index (κ2) is 6.88. The highest BCUT2D eigenvalue weighted by Gasteiger charge is 2.39. The zero-order valence-corrected chi connectivity index (χ0v) is 12.9. The summed E-state index contributed by atoms with van der Waals surface area (Å²) < 4.78 is 53.8. The van der Waals surface area contributed by atoms with Crippen molar-refractivity contribution in [2.45, 2.75) is 25.6 Å². The van der Waals surface area contributed by atoms with Gasteiger partial charge in [0.2, 0.25) is 0 Å². The molecule has 128 valence electrons. The lowest BCUT2D eigenvalue weighted by atomic mass is 9.92. The summed E-state index contributed by atoms with van der Waals surface area (Å²) in [5, 5.41) is 13.1. The standard InChI is InChI=1S/C16H20F4N2O/c1-10(2)9-13(22-7-5-21-6-8-22)14-11(16(18,19)20)3-4-12(17)15(14)23/h3-4,13,21,23H,1,5-9H2,2H3/t13-/m0/s1. The van der Waals surface area contributed by atoms with Gasteiger partial charge in [-0.15, -0.1) is 6.58 Å². The molecule has 0 radical (unpaired) electrons. The molecule has 1 aliphatic heterocycles. The second-order valence-corrected chi connectivity index (χ2v) is 5.82. The van der Waals surface area contributed by atoms with E-state index in [4.69, 9.17) is 0 Å². The van der Waals surface area contributed by atoms with Crippen LogP contribution in [0.15, 0.2) is 24.3 Å². The minimum Gasteiger partial charge on any atom is -0.505 e. The zero-order chi connectivity index (χ0) is 17.2. The molecule has 0 unspecified atom stereocenters. The number of benzene rings is 1. The summed E-state index contributed by atoms with van der Waals surface area (Å²) in [4.78, 5) is 1.83. The van der Waals surface area contributed by atoms with E-state index in [1.165, 1.54) is 0 Å². The third-order valence-electron chi connectivity index (χ3n) is 3.94. The van der Waals surface area contributed by atoms with Gasteiger partial charge in [0.15, 0.2) is 11.6 Å². The molecule has 3 nitrogen and oxygen atoms in total. The van der Waals surface area contributed by atoms with Gasteiger partial charge in [-0.25, -0.2) is 4.39 Å². The van der Waals surface area contributed by atoms with Gasteiger partial charge in [0.1, 0.15) is 0 Å². The number of nitrogens with one attached hydrogen (secondary N) is 1. The molecule has 0 aromatic heterocycles. The highest BCUT2D eigenvalue weighted by Crippen LogP contribution is 2.43. The maximum Gasteiger partial charge on any atom is 0.416 e. The van der Waals surface area contributed by atoms with Crippen LogP contribution < -0.4 is 5.32 Å². The highest BCUT2D eigenvalue weighted by atomic mass is 19.4. The van der Waals surface area contributed by atoms with Crippen molar-refractivity contribution in [3.05, 3.63) is 41.2 Å². The quantitative estimate of drug-likeness (QED) is 0.655. The number of phenolic OH excluding ortho intramolecular Hbond substituents is 1. The molecule has 1 aromatic carbocycles. The summed E-state index contributed by atoms with van der Waals surface area (Å²) in [6, 6.07) is 0.580. The van der Waals surface area contributed by atoms with Crippen molar-refractivity contribution < 1.29 is 22.7 Å². The SMILES string of the molecule is C=C(C)C[C@@H](c1c(C(F)(F)F)ccc(F)c1O)N1CCNCC1. The Labute approximate surface area is 132 Å². The Hall–Kier alpha value is -1.60. The van der Waals surface area contributed by atoms with E-state index >= 15 is 0 Å². The molecule has 1 aromatic rings. The molecule has 1 saturated heterocycles. The van der Waals surface area contributed by atoms with E-state index in [1.807, 2.05) is 4.90 Å². The predicted octanol–water partition coefficient (Wildman–Crippen LogP) is 3.46. The van der Waals surface area contributed by atoms with Crippen LogP contribution in [0.25, 0.3) is 0 Å². The number of alkyl halides is 3. The average molecular weight is 332 g/mol. The molecule has 0 bridgehead atoms. The molecule has 1 aliphatic rings. The largest absolute Gasteiger partial charge is 0.505 e. The van der Waals surface area contributed by atoms with Crippen molar-refractivity contribution >= 4 is 0 Å². The Bertz CT molecular complexity index is 580. The lowest BCUT2D eigenvalue weighted by Gasteiger charge is -2.36. The molecule has 1 fully saturated rings. The number of nitrogens with zero attached hydrogens (tertiary/aromatic N) is 1. The lowest BCUT2D eigenvalue weighted by Crippen LogP contribution is -2.45. The molecular formula is C16H20F4N2O. The van der Waals surface area contributed by atoms with Crippen LogP contribution in [0.5, 0.6) is 5.75 Å². The Morgan fingerprint density at radius 3 is 2.48 bits per heavy atom. The first kappa shape index (κ1) is 17.7. The Kier molecular flexibility index (Phi) is 5.31. The van der Waals surface area contributed by atoms with Gasteiger partial charge < -0.3 is 10.4 Å². The van der Waals surface area contributed by atoms with E-state index in [0.717, 1.165) is 0 Å². The van der Waals surface area contributed by atoms with Gasteiger partial charge in [0.25, 0.3) is 0 Å². The van der Waals surface area contributed by atoms with Gasteiger partial charge in [-0.05, 0) is 25.5 Å². The van der Waals surface area contributed by atoms with E-state index in [1.54, 1.807) is 6.92 Å². The van der Waals surface area contributed by atoms with Crippen molar-refractivity contribution in [1.29, 1.82) is 0 Å². The van der Waals surface area contributed by atoms with Gasteiger partial charge in [-0.3, -0.25) is 4.90 Å². The van der Waals surface area contributed by atoms with E-state index in [2.05, 4.69) is 11.9 Å². The second-order valence-electron chi connectivity index (χ2n) is 5.82. The van der Waals surface area contributed by atoms with Crippen molar-refractivity contribution in [2.24, 2.45) is 0 Å². The van der Waals surface area contributed by atoms with Gasteiger partial charge in [-0.1, -0.05) is 5.57 Å². The molecule has 2 rings (SSSR count). The van der Waals surface area contributed by atoms with Crippen molar-refractivity contribution in [1.82, 2.24) is 10.2 Å². The molecule has 0 saturated carbocycles. The zero-order valence-electron chi connectivity index (χ0n) is 12.9. The third-order valence-corrected chi connectivity index (χ3v) is 3.94. The molecule has 23 heavy (non-hydrogen) atoms. The van der Waals surface area contributed by atoms with Crippen LogP contribution in [0.2, 0.25) is 0 Å². The first-order chi connectivity index (χ1) is 10.7. The Morgan fingerprint density at radius 1 is 1.35 bits per heavy atom. The van der Waals surface area contributed by atoms with Gasteiger partial charge in [0.05, 0.1) is 5.56 Å². The number of rotatable bonds is 4. The molecule has 0 aliphatic carbocycles. The highest BCUT2D eigenvalue weighted by molar-refractivity contribution is 5.45. The Morgan fingerprint density at radius 2 is 1.96 bits per heavy atom. The number of halogens is 4. The van der Waals surface area contributed by atoms with Crippen LogP contribution in [-0.4, -0.2) is 36.2 Å². The third kappa shape index (κ3) is 4.03. The fourth-order valence-electron chi connectivity index (χ4n) is 2.90. The average Bonchev–Trinajstić information content (AvgIpc) is 2.47. The molecule has 1 heterocycles. The van der Waals surface area contributed by atoms with E-state index in [0.29, 0.717) is 43.9 Å². The summed E-state index contributed by atoms with van der Waals surface area (Å²) in [6.07, 6.45) is -4.44. The minimum absolute atomic E-state index is 0.222. The minimum atomic E-state index is -4.66. The van der Waals surface area contributed by atoms with Crippen molar-refractivity contribution in [3.8, 4) is 5.75 Å². The normalized spacial score (nSPS) is 18.0. The summed E-state index contributed by atoms with van der Waals surface area (Å²) in [5.74, 6) is -1.97. The molecule has 0 spiro atoms. The number of hydrogen-bond donors (Lipinski definition) is 2. The molecule has 7 heteroatoms. The smallest absolute Gasteiger partial charge is 0.416 e. The first-order valence-electron chi connectivity index (χ1n) is 7.39. The summed E-state index contributed by atoms with van der Waals surface area (Å²) >= 11 is 0. The number of aromatic hydroxyl groups is 1. The first-order valence-corrected chi connectivity index (χ1v) is 7.39. The maximum absolute atomic E-state index is 13.7. The van der Waals surface area contributed by atoms with Crippen LogP contribution >= 0.6 is 0 Å². The van der Waals surface area contributed by atoms with Gasteiger partial charge in [-0.2, -0.15) is 13.2 Å². The summed E-state index contributed by atoms with van der Waals surface area (Å²) in [5.41, 5.74) is -0.728. The topological polar surface area (TPSA) is 35.5 Å². The van der Waals surface area contributed by atoms with E-state index < -0.39 is 34.9 Å². The van der Waals surface area contributed by atoms with Crippen LogP contribution in [0.4, 0.5) is 17.6 Å². The molecule has 2 N–H and O–H groups in total. The van der Waals surface area contributed by atoms with Crippen LogP contribution in [-0.2, 0) is 6.18 Å². The summed E-state index contributed by atoms with van der Waals surface area (Å²) in [6.45, 7) is 7.76.